The lowest BCUT2D eigenvalue weighted by Crippen LogP contribution is -2.03. The molecule has 9 rings (SSSR count). The summed E-state index contributed by atoms with van der Waals surface area (Å²) in [7, 11) is 0. The zero-order valence-electron chi connectivity index (χ0n) is 20.3. The van der Waals surface area contributed by atoms with Crippen LogP contribution in [0.2, 0.25) is 0 Å². The molecule has 0 spiro atoms. The highest BCUT2D eigenvalue weighted by Crippen LogP contribution is 2.44. The van der Waals surface area contributed by atoms with Gasteiger partial charge in [-0.2, -0.15) is 0 Å². The van der Waals surface area contributed by atoms with Gasteiger partial charge < -0.3 is 4.40 Å². The second kappa shape index (κ2) is 7.17. The molecule has 0 atom stereocenters. The van der Waals surface area contributed by atoms with E-state index in [-0.39, 0.29) is 0 Å². The number of fused-ring (bicyclic) bond motifs is 9. The zero-order chi connectivity index (χ0) is 24.8. The summed E-state index contributed by atoms with van der Waals surface area (Å²) in [4.78, 5) is 10.4. The Hall–Kier alpha value is -5.22. The molecule has 0 unspecified atom stereocenters. The monoisotopic (exact) mass is 484 g/mol. The molecule has 4 aromatic carbocycles. The molecule has 0 N–H and O–H groups in total. The molecule has 0 aliphatic carbocycles. The number of nitrogens with zero attached hydrogens (tertiary/aromatic N) is 4. The lowest BCUT2D eigenvalue weighted by molar-refractivity contribution is 1.02. The summed E-state index contributed by atoms with van der Waals surface area (Å²) < 4.78 is 4.69. The predicted molar refractivity (Wildman–Crippen MR) is 156 cm³/mol. The number of aromatic nitrogens is 4. The fourth-order valence-electron chi connectivity index (χ4n) is 6.33. The Morgan fingerprint density at radius 2 is 1.11 bits per heavy atom. The molecule has 0 aliphatic heterocycles. The van der Waals surface area contributed by atoms with Crippen molar-refractivity contribution < 1.29 is 0 Å². The minimum absolute atomic E-state index is 0.687. The largest absolute Gasteiger partial charge is 0.306 e. The number of hydrogen-bond acceptors (Lipinski definition) is 2. The van der Waals surface area contributed by atoms with Crippen molar-refractivity contribution in [1.29, 1.82) is 0 Å². The summed E-state index contributed by atoms with van der Waals surface area (Å²) in [6.45, 7) is 0. The van der Waals surface area contributed by atoms with E-state index < -0.39 is 0 Å². The van der Waals surface area contributed by atoms with Crippen LogP contribution in [0.15, 0.2) is 121 Å². The number of hydrogen-bond donors (Lipinski definition) is 0. The Morgan fingerprint density at radius 3 is 1.97 bits per heavy atom. The van der Waals surface area contributed by atoms with Crippen molar-refractivity contribution in [3.63, 3.8) is 0 Å². The molecule has 0 amide bonds. The van der Waals surface area contributed by atoms with Crippen LogP contribution in [0.5, 0.6) is 0 Å². The summed E-state index contributed by atoms with van der Waals surface area (Å²) in [6, 6.07) is 42.7. The average Bonchev–Trinajstić information content (AvgIpc) is 3.62. The Labute approximate surface area is 217 Å². The summed E-state index contributed by atoms with van der Waals surface area (Å²) in [5, 5.41) is 6.00. The molecule has 0 radical (unpaired) electrons. The summed E-state index contributed by atoms with van der Waals surface area (Å²) in [6.07, 6.45) is 0. The Kier molecular flexibility index (Phi) is 3.76. The van der Waals surface area contributed by atoms with Gasteiger partial charge in [0, 0.05) is 32.5 Å². The maximum absolute atomic E-state index is 5.28. The summed E-state index contributed by atoms with van der Waals surface area (Å²) in [5.41, 5.74) is 8.86. The van der Waals surface area contributed by atoms with Gasteiger partial charge >= 0.3 is 0 Å². The van der Waals surface area contributed by atoms with Crippen LogP contribution in [-0.4, -0.2) is 18.9 Å². The molecule has 0 saturated heterocycles. The first-order valence-corrected chi connectivity index (χ1v) is 12.9. The third kappa shape index (κ3) is 2.44. The zero-order valence-corrected chi connectivity index (χ0v) is 20.3. The first-order chi connectivity index (χ1) is 18.9. The minimum Gasteiger partial charge on any atom is -0.306 e. The Balaban J connectivity index is 1.53. The molecule has 0 bridgehead atoms. The topological polar surface area (TPSA) is 35.1 Å². The first kappa shape index (κ1) is 19.9. The fraction of sp³-hybridized carbons (Fsp3) is 0. The van der Waals surface area contributed by atoms with E-state index in [4.69, 9.17) is 9.97 Å². The molecule has 0 saturated carbocycles. The normalized spacial score (nSPS) is 12.2. The molecule has 0 aliphatic rings. The van der Waals surface area contributed by atoms with Crippen LogP contribution in [-0.2, 0) is 0 Å². The van der Waals surface area contributed by atoms with E-state index in [1.165, 1.54) is 38.1 Å². The number of benzene rings is 4. The van der Waals surface area contributed by atoms with Crippen LogP contribution in [0.4, 0.5) is 0 Å². The van der Waals surface area contributed by atoms with Crippen molar-refractivity contribution in [3.05, 3.63) is 121 Å². The number of rotatable bonds is 2. The van der Waals surface area contributed by atoms with Gasteiger partial charge in [-0.3, -0.25) is 4.57 Å². The molecule has 5 heterocycles. The lowest BCUT2D eigenvalue weighted by Gasteiger charge is -2.11. The average molecular weight is 485 g/mol. The highest BCUT2D eigenvalue weighted by Gasteiger charge is 2.25. The molecular formula is C34H20N4. The van der Waals surface area contributed by atoms with E-state index in [0.717, 1.165) is 33.2 Å². The van der Waals surface area contributed by atoms with Gasteiger partial charge in [-0.1, -0.05) is 97.1 Å². The molecule has 176 valence electrons. The third-order valence-corrected chi connectivity index (χ3v) is 7.87. The van der Waals surface area contributed by atoms with E-state index in [2.05, 4.69) is 118 Å². The molecule has 4 nitrogen and oxygen atoms in total. The van der Waals surface area contributed by atoms with Crippen molar-refractivity contribution in [2.75, 3.05) is 0 Å². The van der Waals surface area contributed by atoms with Gasteiger partial charge in [0.05, 0.1) is 38.8 Å². The highest BCUT2D eigenvalue weighted by molar-refractivity contribution is 6.29. The van der Waals surface area contributed by atoms with Crippen molar-refractivity contribution in [1.82, 2.24) is 18.9 Å². The number of para-hydroxylation sites is 2. The van der Waals surface area contributed by atoms with Crippen molar-refractivity contribution >= 4 is 60.0 Å². The summed E-state index contributed by atoms with van der Waals surface area (Å²) >= 11 is 0. The molecule has 4 heteroatoms. The molecular weight excluding hydrogens is 464 g/mol. The summed E-state index contributed by atoms with van der Waals surface area (Å²) in [5.74, 6) is 0.687. The standard InChI is InChI=1S/C34H20N4/c1-2-11-21(12-3-1)31-24-15-6-8-17-26(24)35-34(36-31)38-28-18-9-7-16-25(28)30-29-20-10-19-27-22-13-4-5-14-23(22)32(33(30)38)37(27)29/h1-20H. The molecule has 0 fully saturated rings. The minimum atomic E-state index is 0.687. The van der Waals surface area contributed by atoms with Crippen LogP contribution in [0.25, 0.3) is 77.2 Å². The van der Waals surface area contributed by atoms with Gasteiger partial charge in [0.2, 0.25) is 5.95 Å². The Morgan fingerprint density at radius 1 is 0.447 bits per heavy atom. The number of pyridine rings is 1. The first-order valence-electron chi connectivity index (χ1n) is 12.9. The predicted octanol–water partition coefficient (Wildman–Crippen LogP) is 8.39. The quantitative estimate of drug-likeness (QED) is 0.247. The molecule has 5 aromatic heterocycles. The van der Waals surface area contributed by atoms with Crippen LogP contribution in [0.3, 0.4) is 0 Å². The van der Waals surface area contributed by atoms with Crippen LogP contribution < -0.4 is 0 Å². The van der Waals surface area contributed by atoms with E-state index in [9.17, 15) is 0 Å². The van der Waals surface area contributed by atoms with Gasteiger partial charge in [-0.15, -0.1) is 0 Å². The van der Waals surface area contributed by atoms with Crippen LogP contribution in [0.1, 0.15) is 0 Å². The maximum Gasteiger partial charge on any atom is 0.235 e. The second-order valence-electron chi connectivity index (χ2n) is 9.86. The fourth-order valence-corrected chi connectivity index (χ4v) is 6.33. The van der Waals surface area contributed by atoms with Crippen molar-refractivity contribution in [2.24, 2.45) is 0 Å². The van der Waals surface area contributed by atoms with Crippen LogP contribution >= 0.6 is 0 Å². The van der Waals surface area contributed by atoms with Crippen molar-refractivity contribution in [2.45, 2.75) is 0 Å². The lowest BCUT2D eigenvalue weighted by atomic mass is 10.1. The Bertz CT molecular complexity index is 2340. The third-order valence-electron chi connectivity index (χ3n) is 7.87. The van der Waals surface area contributed by atoms with Gasteiger partial charge in [0.15, 0.2) is 0 Å². The smallest absolute Gasteiger partial charge is 0.235 e. The van der Waals surface area contributed by atoms with Gasteiger partial charge in [0.1, 0.15) is 0 Å². The van der Waals surface area contributed by atoms with Gasteiger partial charge in [-0.05, 0) is 24.3 Å². The van der Waals surface area contributed by atoms with Gasteiger partial charge in [-0.25, -0.2) is 9.97 Å². The van der Waals surface area contributed by atoms with E-state index in [1.807, 2.05) is 12.1 Å². The highest BCUT2D eigenvalue weighted by atomic mass is 15.2. The van der Waals surface area contributed by atoms with Gasteiger partial charge in [0.25, 0.3) is 0 Å². The molecule has 9 aromatic rings. The van der Waals surface area contributed by atoms with E-state index in [0.29, 0.717) is 5.95 Å². The molecule has 38 heavy (non-hydrogen) atoms. The van der Waals surface area contributed by atoms with Crippen LogP contribution in [0, 0.1) is 0 Å². The second-order valence-corrected chi connectivity index (χ2v) is 9.86. The van der Waals surface area contributed by atoms with Crippen molar-refractivity contribution in [3.8, 4) is 17.2 Å². The maximum atomic E-state index is 5.28. The van der Waals surface area contributed by atoms with E-state index >= 15 is 0 Å². The SMILES string of the molecule is c1ccc(-c2nc(-n3c4ccccc4c4c3c3c5ccccc5c5cccc4n53)nc3ccccc23)cc1. The van der Waals surface area contributed by atoms with E-state index in [1.54, 1.807) is 0 Å².